The summed E-state index contributed by atoms with van der Waals surface area (Å²) >= 11 is 0. The molecule has 2 saturated heterocycles. The summed E-state index contributed by atoms with van der Waals surface area (Å²) in [4.78, 5) is 26.3. The summed E-state index contributed by atoms with van der Waals surface area (Å²) in [5.41, 5.74) is 0.331. The van der Waals surface area contributed by atoms with Crippen molar-refractivity contribution in [3.63, 3.8) is 0 Å². The van der Waals surface area contributed by atoms with Gasteiger partial charge in [-0.2, -0.15) is 0 Å². The highest BCUT2D eigenvalue weighted by Crippen LogP contribution is 2.40. The quantitative estimate of drug-likeness (QED) is 0.679. The normalized spacial score (nSPS) is 26.5. The maximum absolute atomic E-state index is 12.8. The van der Waals surface area contributed by atoms with E-state index in [-0.39, 0.29) is 30.3 Å². The molecule has 4 atom stereocenters. The van der Waals surface area contributed by atoms with Crippen LogP contribution < -0.4 is 14.2 Å². The Labute approximate surface area is 164 Å². The van der Waals surface area contributed by atoms with Crippen molar-refractivity contribution in [3.05, 3.63) is 17.7 Å². The van der Waals surface area contributed by atoms with E-state index >= 15 is 0 Å². The van der Waals surface area contributed by atoms with Gasteiger partial charge in [-0.1, -0.05) is 0 Å². The topological polar surface area (TPSA) is 83.5 Å². The number of ether oxygens (including phenoxy) is 5. The zero-order chi connectivity index (χ0) is 20.4. The van der Waals surface area contributed by atoms with Crippen LogP contribution in [0.1, 0.15) is 36.5 Å². The molecule has 0 amide bonds. The Hall–Kier alpha value is -2.48. The van der Waals surface area contributed by atoms with E-state index in [4.69, 9.17) is 23.7 Å². The summed E-state index contributed by atoms with van der Waals surface area (Å²) in [5.74, 6) is 0.483. The maximum atomic E-state index is 12.8. The number of carbonyl (C=O) groups is 2. The summed E-state index contributed by atoms with van der Waals surface area (Å²) in [6, 6.07) is 3.44. The van der Waals surface area contributed by atoms with Crippen LogP contribution >= 0.6 is 0 Å². The van der Waals surface area contributed by atoms with Crippen molar-refractivity contribution >= 4 is 11.9 Å². The van der Waals surface area contributed by atoms with Crippen LogP contribution in [-0.4, -0.2) is 69.5 Å². The minimum absolute atomic E-state index is 0.0559. The molecule has 2 heterocycles. The molecular formula is C20H27NO7. The summed E-state index contributed by atoms with van der Waals surface area (Å²) in [7, 11) is 6.52. The van der Waals surface area contributed by atoms with E-state index in [1.54, 1.807) is 12.1 Å². The molecule has 154 valence electrons. The monoisotopic (exact) mass is 393 g/mol. The minimum atomic E-state index is -0.447. The average Bonchev–Trinajstić information content (AvgIpc) is 2.84. The van der Waals surface area contributed by atoms with Crippen molar-refractivity contribution in [2.24, 2.45) is 0 Å². The Bertz CT molecular complexity index is 725. The van der Waals surface area contributed by atoms with E-state index in [0.29, 0.717) is 35.7 Å². The Morgan fingerprint density at radius 1 is 0.964 bits per heavy atom. The summed E-state index contributed by atoms with van der Waals surface area (Å²) in [5, 5.41) is 0. The number of likely N-dealkylation sites (N-methyl/N-ethyl adjacent to an activating group) is 1. The fraction of sp³-hybridized carbons (Fsp3) is 0.600. The molecule has 0 spiro atoms. The molecule has 0 N–H and O–H groups in total. The van der Waals surface area contributed by atoms with E-state index < -0.39 is 5.97 Å². The zero-order valence-corrected chi connectivity index (χ0v) is 16.9. The van der Waals surface area contributed by atoms with Crippen molar-refractivity contribution < 1.29 is 33.3 Å². The van der Waals surface area contributed by atoms with Gasteiger partial charge in [0.2, 0.25) is 5.75 Å². The van der Waals surface area contributed by atoms with Gasteiger partial charge in [-0.15, -0.1) is 0 Å². The first-order valence-electron chi connectivity index (χ1n) is 9.28. The smallest absolute Gasteiger partial charge is 0.338 e. The maximum Gasteiger partial charge on any atom is 0.338 e. The molecule has 4 unspecified atom stereocenters. The lowest BCUT2D eigenvalue weighted by molar-refractivity contribution is -0.147. The fourth-order valence-electron chi connectivity index (χ4n) is 4.23. The number of methoxy groups -OCH3 is 3. The highest BCUT2D eigenvalue weighted by molar-refractivity contribution is 5.91. The third-order valence-electron chi connectivity index (χ3n) is 5.56. The van der Waals surface area contributed by atoms with Gasteiger partial charge in [-0.05, 0) is 19.2 Å². The van der Waals surface area contributed by atoms with Gasteiger partial charge < -0.3 is 23.7 Å². The average molecular weight is 393 g/mol. The lowest BCUT2D eigenvalue weighted by Gasteiger charge is -2.36. The first kappa shape index (κ1) is 20.3. The minimum Gasteiger partial charge on any atom is -0.493 e. The SMILES string of the molecule is COc1cc(C(=O)OC2CC3CC(OC(C)=O)C(C2)N3C)cc(OC)c1OC. The lowest BCUT2D eigenvalue weighted by Crippen LogP contribution is -2.46. The van der Waals surface area contributed by atoms with Crippen molar-refractivity contribution in [1.82, 2.24) is 4.90 Å². The van der Waals surface area contributed by atoms with Crippen molar-refractivity contribution in [2.75, 3.05) is 28.4 Å². The molecule has 8 heteroatoms. The largest absolute Gasteiger partial charge is 0.493 e. The summed E-state index contributed by atoms with van der Waals surface area (Å²) < 4.78 is 27.1. The van der Waals surface area contributed by atoms with Crippen LogP contribution in [-0.2, 0) is 14.3 Å². The van der Waals surface area contributed by atoms with Crippen molar-refractivity contribution in [2.45, 2.75) is 50.5 Å². The van der Waals surface area contributed by atoms with Crippen LogP contribution in [0.5, 0.6) is 17.2 Å². The summed E-state index contributed by atoms with van der Waals surface area (Å²) in [6.45, 7) is 1.42. The predicted octanol–water partition coefficient (Wildman–Crippen LogP) is 2.04. The van der Waals surface area contributed by atoms with Gasteiger partial charge in [0.05, 0.1) is 32.9 Å². The Morgan fingerprint density at radius 3 is 2.14 bits per heavy atom. The van der Waals surface area contributed by atoms with Gasteiger partial charge >= 0.3 is 11.9 Å². The van der Waals surface area contributed by atoms with Crippen LogP contribution in [0.25, 0.3) is 0 Å². The second-order valence-electron chi connectivity index (χ2n) is 7.18. The first-order chi connectivity index (χ1) is 13.4. The molecule has 8 nitrogen and oxygen atoms in total. The van der Waals surface area contributed by atoms with Gasteiger partial charge in [0.15, 0.2) is 11.5 Å². The number of hydrogen-bond acceptors (Lipinski definition) is 8. The number of carbonyl (C=O) groups excluding carboxylic acids is 2. The second-order valence-corrected chi connectivity index (χ2v) is 7.18. The van der Waals surface area contributed by atoms with Crippen LogP contribution in [0.15, 0.2) is 12.1 Å². The van der Waals surface area contributed by atoms with E-state index in [1.807, 2.05) is 7.05 Å². The highest BCUT2D eigenvalue weighted by atomic mass is 16.6. The number of benzene rings is 1. The predicted molar refractivity (Wildman–Crippen MR) is 100 cm³/mol. The molecule has 2 fully saturated rings. The van der Waals surface area contributed by atoms with E-state index in [9.17, 15) is 9.59 Å². The Balaban J connectivity index is 1.73. The molecule has 2 aliphatic rings. The summed E-state index contributed by atoms with van der Waals surface area (Å²) in [6.07, 6.45) is 1.71. The van der Waals surface area contributed by atoms with Gasteiger partial charge in [0.1, 0.15) is 12.2 Å². The third-order valence-corrected chi connectivity index (χ3v) is 5.56. The number of rotatable bonds is 6. The highest BCUT2D eigenvalue weighted by Gasteiger charge is 2.47. The third kappa shape index (κ3) is 3.87. The number of fused-ring (bicyclic) bond motifs is 2. The Morgan fingerprint density at radius 2 is 1.61 bits per heavy atom. The molecule has 28 heavy (non-hydrogen) atoms. The number of hydrogen-bond donors (Lipinski definition) is 0. The zero-order valence-electron chi connectivity index (χ0n) is 16.9. The number of esters is 2. The first-order valence-corrected chi connectivity index (χ1v) is 9.28. The molecule has 2 bridgehead atoms. The van der Waals surface area contributed by atoms with E-state index in [0.717, 1.165) is 6.42 Å². The molecule has 1 aromatic carbocycles. The molecule has 2 aliphatic heterocycles. The molecule has 0 saturated carbocycles. The lowest BCUT2D eigenvalue weighted by atomic mass is 10.00. The molecule has 3 rings (SSSR count). The number of piperidine rings is 1. The van der Waals surface area contributed by atoms with Crippen LogP contribution in [0.3, 0.4) is 0 Å². The fourth-order valence-corrected chi connectivity index (χ4v) is 4.23. The van der Waals surface area contributed by atoms with Gasteiger partial charge in [0.25, 0.3) is 0 Å². The molecule has 0 aromatic heterocycles. The molecule has 0 aliphatic carbocycles. The van der Waals surface area contributed by atoms with Gasteiger partial charge in [-0.25, -0.2) is 4.79 Å². The van der Waals surface area contributed by atoms with Crippen LogP contribution in [0, 0.1) is 0 Å². The second kappa shape index (κ2) is 8.26. The van der Waals surface area contributed by atoms with E-state index in [2.05, 4.69) is 4.90 Å². The van der Waals surface area contributed by atoms with Crippen LogP contribution in [0.2, 0.25) is 0 Å². The van der Waals surface area contributed by atoms with E-state index in [1.165, 1.54) is 28.3 Å². The standard InChI is InChI=1S/C20H27NO7/c1-11(22)27-16-9-13-8-14(10-15(16)21(13)2)28-20(23)12-6-17(24-3)19(26-5)18(7-12)25-4/h6-7,13-16H,8-10H2,1-5H3. The van der Waals surface area contributed by atoms with Crippen molar-refractivity contribution in [1.29, 1.82) is 0 Å². The van der Waals surface area contributed by atoms with Gasteiger partial charge in [0, 0.05) is 32.2 Å². The number of nitrogens with zero attached hydrogens (tertiary/aromatic N) is 1. The molecule has 0 radical (unpaired) electrons. The Kier molecular flexibility index (Phi) is 5.98. The molecule has 1 aromatic rings. The van der Waals surface area contributed by atoms with Crippen molar-refractivity contribution in [3.8, 4) is 17.2 Å². The van der Waals surface area contributed by atoms with Gasteiger partial charge in [-0.3, -0.25) is 9.69 Å². The molecular weight excluding hydrogens is 366 g/mol. The van der Waals surface area contributed by atoms with Crippen LogP contribution in [0.4, 0.5) is 0 Å².